The van der Waals surface area contributed by atoms with Gasteiger partial charge in [0.05, 0.1) is 0 Å². The molecule has 0 aromatic carbocycles. The van der Waals surface area contributed by atoms with Gasteiger partial charge in [0.15, 0.2) is 43.1 Å². The largest absolute Gasteiger partial charge is 0.463 e. The summed E-state index contributed by atoms with van der Waals surface area (Å²) in [6.45, 7) is 6.11. The van der Waals surface area contributed by atoms with Crippen LogP contribution in [0.25, 0.3) is 0 Å². The molecule has 5 unspecified atom stereocenters. The van der Waals surface area contributed by atoms with Gasteiger partial charge < -0.3 is 52.5 Å². The number of aliphatic hydroxyl groups is 1. The average Bonchev–Trinajstić information content (AvgIpc) is 2.87. The van der Waals surface area contributed by atoms with Crippen LogP contribution in [0.1, 0.15) is 48.5 Å². The first kappa shape index (κ1) is 36.3. The quantitative estimate of drug-likeness (QED) is 0.203. The second kappa shape index (κ2) is 16.3. The van der Waals surface area contributed by atoms with Crippen LogP contribution in [0.2, 0.25) is 0 Å². The zero-order valence-electron chi connectivity index (χ0n) is 25.1. The predicted octanol–water partition coefficient (Wildman–Crippen LogP) is -1.40. The normalized spacial score (nSPS) is 31.5. The van der Waals surface area contributed by atoms with Gasteiger partial charge in [0.2, 0.25) is 0 Å². The Morgan fingerprint density at radius 1 is 0.477 bits per heavy atom. The maximum atomic E-state index is 12.2. The van der Waals surface area contributed by atoms with E-state index in [1.807, 2.05) is 0 Å². The maximum absolute atomic E-state index is 12.2. The summed E-state index contributed by atoms with van der Waals surface area (Å²) >= 11 is 0. The fourth-order valence-electron chi connectivity index (χ4n) is 4.49. The molecule has 2 aliphatic heterocycles. The highest BCUT2D eigenvalue weighted by atomic mass is 16.8. The Morgan fingerprint density at radius 2 is 0.841 bits per heavy atom. The van der Waals surface area contributed by atoms with Crippen molar-refractivity contribution in [3.8, 4) is 0 Å². The van der Waals surface area contributed by atoms with Gasteiger partial charge in [-0.15, -0.1) is 0 Å². The van der Waals surface area contributed by atoms with Gasteiger partial charge >= 0.3 is 41.8 Å². The fraction of sp³-hybridized carbons (Fsp3) is 0.731. The van der Waals surface area contributed by atoms with E-state index in [4.69, 9.17) is 47.4 Å². The molecule has 0 radical (unpaired) electrons. The molecule has 0 aromatic rings. The first-order valence-electron chi connectivity index (χ1n) is 13.3. The summed E-state index contributed by atoms with van der Waals surface area (Å²) in [5.41, 5.74) is 0. The van der Waals surface area contributed by atoms with Gasteiger partial charge in [-0.2, -0.15) is 0 Å². The Hall–Kier alpha value is -3.87. The van der Waals surface area contributed by atoms with Gasteiger partial charge in [-0.05, 0) is 0 Å². The monoisotopic (exact) mass is 636 g/mol. The molecule has 2 rings (SSSR count). The summed E-state index contributed by atoms with van der Waals surface area (Å²) in [4.78, 5) is 83.5. The van der Waals surface area contributed by atoms with Crippen molar-refractivity contribution in [3.05, 3.63) is 0 Å². The van der Waals surface area contributed by atoms with Gasteiger partial charge in [0.1, 0.15) is 31.5 Å². The van der Waals surface area contributed by atoms with Crippen molar-refractivity contribution in [3.63, 3.8) is 0 Å². The Morgan fingerprint density at radius 3 is 1.27 bits per heavy atom. The average molecular weight is 637 g/mol. The molecule has 18 nitrogen and oxygen atoms in total. The second-order valence-electron chi connectivity index (χ2n) is 9.68. The van der Waals surface area contributed by atoms with E-state index in [9.17, 15) is 38.7 Å². The molecule has 248 valence electrons. The van der Waals surface area contributed by atoms with E-state index >= 15 is 0 Å². The summed E-state index contributed by atoms with van der Waals surface area (Å²) in [7, 11) is 0. The molecule has 0 saturated carbocycles. The Labute approximate surface area is 251 Å². The van der Waals surface area contributed by atoms with Gasteiger partial charge in [-0.3, -0.25) is 33.6 Å². The molecule has 10 atom stereocenters. The Kier molecular flexibility index (Phi) is 13.4. The Balaban J connectivity index is 2.66. The summed E-state index contributed by atoms with van der Waals surface area (Å²) < 4.78 is 54.1. The zero-order valence-corrected chi connectivity index (χ0v) is 25.1. The lowest BCUT2D eigenvalue weighted by Crippen LogP contribution is -2.67. The summed E-state index contributed by atoms with van der Waals surface area (Å²) in [5, 5.41) is 10.6. The molecule has 2 fully saturated rings. The molecule has 0 amide bonds. The first-order valence-corrected chi connectivity index (χ1v) is 13.3. The van der Waals surface area contributed by atoms with Crippen molar-refractivity contribution >= 4 is 41.8 Å². The third-order valence-corrected chi connectivity index (χ3v) is 5.90. The van der Waals surface area contributed by atoms with E-state index in [2.05, 4.69) is 0 Å². The van der Waals surface area contributed by atoms with E-state index in [0.717, 1.165) is 48.5 Å². The molecule has 2 saturated heterocycles. The molecule has 18 heteroatoms. The maximum Gasteiger partial charge on any atom is 0.303 e. The van der Waals surface area contributed by atoms with Crippen molar-refractivity contribution in [2.75, 3.05) is 13.2 Å². The van der Waals surface area contributed by atoms with Crippen molar-refractivity contribution in [2.45, 2.75) is 110 Å². The number of esters is 7. The Bertz CT molecular complexity index is 1090. The number of carbonyl (C=O) groups is 7. The molecule has 0 aliphatic carbocycles. The molecular weight excluding hydrogens is 600 g/mol. The van der Waals surface area contributed by atoms with Crippen LogP contribution < -0.4 is 0 Å². The molecule has 2 heterocycles. The number of aliphatic hydroxyl groups excluding tert-OH is 1. The van der Waals surface area contributed by atoms with Crippen LogP contribution in [0.4, 0.5) is 0 Å². The molecule has 0 spiro atoms. The summed E-state index contributed by atoms with van der Waals surface area (Å²) in [6, 6.07) is 0. The van der Waals surface area contributed by atoms with Crippen LogP contribution in [-0.2, 0) is 80.9 Å². The highest BCUT2D eigenvalue weighted by Crippen LogP contribution is 2.34. The zero-order chi connectivity index (χ0) is 33.3. The van der Waals surface area contributed by atoms with Crippen LogP contribution >= 0.6 is 0 Å². The molecule has 0 aromatic heterocycles. The molecular formula is C26H36O18. The number of hydrogen-bond acceptors (Lipinski definition) is 18. The van der Waals surface area contributed by atoms with Crippen molar-refractivity contribution in [1.82, 2.24) is 0 Å². The van der Waals surface area contributed by atoms with E-state index in [-0.39, 0.29) is 0 Å². The minimum absolute atomic E-state index is 0.572. The van der Waals surface area contributed by atoms with Crippen LogP contribution in [-0.4, -0.2) is 122 Å². The molecule has 2 aliphatic rings. The highest BCUT2D eigenvalue weighted by Gasteiger charge is 2.57. The minimum atomic E-state index is -1.90. The minimum Gasteiger partial charge on any atom is -0.463 e. The molecule has 0 bridgehead atoms. The number of carbonyl (C=O) groups excluding carboxylic acids is 7. The standard InChI is InChI=1S/C26H36O18/c1-10(27)35-8-17-20(21(38-13(4)30)23(25(34)42-17)40-15(6)32)44-26-24(41-16(7)33)22(39-14(5)31)19(37-12(3)29)18(43-26)9-36-11(2)28/h17-26,34H,8-9H2,1-7H3/t17?,18?,19-,20-,21-,22-,23?,24?,25?,26-/m0/s1. The van der Waals surface area contributed by atoms with E-state index in [0.29, 0.717) is 0 Å². The third kappa shape index (κ3) is 10.7. The van der Waals surface area contributed by atoms with Gasteiger partial charge in [0.25, 0.3) is 0 Å². The van der Waals surface area contributed by atoms with Gasteiger partial charge in [-0.25, -0.2) is 0 Å². The summed E-state index contributed by atoms with van der Waals surface area (Å²) in [6.07, 6.45) is -16.3. The highest BCUT2D eigenvalue weighted by molar-refractivity contribution is 5.69. The number of rotatable bonds is 11. The van der Waals surface area contributed by atoms with Crippen molar-refractivity contribution in [1.29, 1.82) is 0 Å². The molecule has 1 N–H and O–H groups in total. The number of ether oxygens (including phenoxy) is 10. The second-order valence-corrected chi connectivity index (χ2v) is 9.68. The van der Waals surface area contributed by atoms with E-state index < -0.39 is 116 Å². The predicted molar refractivity (Wildman–Crippen MR) is 135 cm³/mol. The smallest absolute Gasteiger partial charge is 0.303 e. The lowest BCUT2D eigenvalue weighted by atomic mass is 9.96. The lowest BCUT2D eigenvalue weighted by molar-refractivity contribution is -0.357. The van der Waals surface area contributed by atoms with Crippen LogP contribution in [0, 0.1) is 0 Å². The van der Waals surface area contributed by atoms with Gasteiger partial charge in [0, 0.05) is 48.5 Å². The summed E-state index contributed by atoms with van der Waals surface area (Å²) in [5.74, 6) is -6.03. The van der Waals surface area contributed by atoms with Crippen LogP contribution in [0.5, 0.6) is 0 Å². The van der Waals surface area contributed by atoms with E-state index in [1.165, 1.54) is 0 Å². The fourth-order valence-corrected chi connectivity index (χ4v) is 4.49. The van der Waals surface area contributed by atoms with Crippen molar-refractivity contribution in [2.24, 2.45) is 0 Å². The first-order chi connectivity index (χ1) is 20.5. The topological polar surface area (TPSA) is 232 Å². The lowest BCUT2D eigenvalue weighted by Gasteiger charge is -2.48. The van der Waals surface area contributed by atoms with Crippen LogP contribution in [0.15, 0.2) is 0 Å². The van der Waals surface area contributed by atoms with Crippen LogP contribution in [0.3, 0.4) is 0 Å². The van der Waals surface area contributed by atoms with Gasteiger partial charge in [-0.1, -0.05) is 0 Å². The van der Waals surface area contributed by atoms with E-state index in [1.54, 1.807) is 0 Å². The van der Waals surface area contributed by atoms with Crippen molar-refractivity contribution < 1.29 is 86.0 Å². The third-order valence-electron chi connectivity index (χ3n) is 5.90. The SMILES string of the molecule is CC(=O)OCC1OC(O)C(OC(C)=O)[C@@H](OC(C)=O)[C@H]1O[C@@H]1OC(COC(C)=O)[C@H](OC(C)=O)[C@H](OC(C)=O)C1OC(C)=O. The molecule has 44 heavy (non-hydrogen) atoms. The number of hydrogen-bond donors (Lipinski definition) is 1.